The summed E-state index contributed by atoms with van der Waals surface area (Å²) in [7, 11) is 0. The Balaban J connectivity index is 2.06. The lowest BCUT2D eigenvalue weighted by Crippen LogP contribution is -2.48. The highest BCUT2D eigenvalue weighted by Crippen LogP contribution is 2.40. The zero-order valence-electron chi connectivity index (χ0n) is 8.56. The number of fused-ring (bicyclic) bond motifs is 2. The summed E-state index contributed by atoms with van der Waals surface area (Å²) in [6.07, 6.45) is 5.65. The van der Waals surface area contributed by atoms with E-state index in [9.17, 15) is 0 Å². The summed E-state index contributed by atoms with van der Waals surface area (Å²) in [6, 6.07) is 0.844. The first kappa shape index (κ1) is 8.55. The van der Waals surface area contributed by atoms with Crippen molar-refractivity contribution in [3.63, 3.8) is 0 Å². The molecule has 0 saturated carbocycles. The van der Waals surface area contributed by atoms with E-state index in [1.807, 2.05) is 0 Å². The molecule has 3 atom stereocenters. The zero-order valence-corrected chi connectivity index (χ0v) is 8.56. The zero-order chi connectivity index (χ0) is 8.77. The van der Waals surface area contributed by atoms with Crippen LogP contribution in [0, 0.1) is 11.8 Å². The van der Waals surface area contributed by atoms with Gasteiger partial charge in [-0.25, -0.2) is 0 Å². The predicted octanol–water partition coefficient (Wildman–Crippen LogP) is 2.56. The smallest absolute Gasteiger partial charge is 0.0159 e. The Morgan fingerprint density at radius 3 is 2.75 bits per heavy atom. The molecular weight excluding hydrogens is 146 g/mol. The largest absolute Gasteiger partial charge is 0.309 e. The summed E-state index contributed by atoms with van der Waals surface area (Å²) in [5, 5.41) is 3.75. The van der Waals surface area contributed by atoms with Gasteiger partial charge < -0.3 is 5.32 Å². The Kier molecular flexibility index (Phi) is 1.95. The second-order valence-electron chi connectivity index (χ2n) is 5.38. The maximum atomic E-state index is 3.75. The van der Waals surface area contributed by atoms with Gasteiger partial charge in [-0.3, -0.25) is 0 Å². The summed E-state index contributed by atoms with van der Waals surface area (Å²) < 4.78 is 0. The number of rotatable bonds is 1. The molecule has 0 spiro atoms. The van der Waals surface area contributed by atoms with Crippen molar-refractivity contribution in [3.8, 4) is 0 Å². The molecule has 70 valence electrons. The third-order valence-electron chi connectivity index (χ3n) is 3.84. The van der Waals surface area contributed by atoms with Gasteiger partial charge >= 0.3 is 0 Å². The van der Waals surface area contributed by atoms with Gasteiger partial charge in [-0.15, -0.1) is 0 Å². The van der Waals surface area contributed by atoms with Crippen LogP contribution in [0.15, 0.2) is 0 Å². The van der Waals surface area contributed by atoms with Crippen molar-refractivity contribution in [3.05, 3.63) is 0 Å². The molecule has 1 nitrogen and oxygen atoms in total. The van der Waals surface area contributed by atoms with Gasteiger partial charge in [0.05, 0.1) is 0 Å². The third-order valence-corrected chi connectivity index (χ3v) is 3.84. The lowest BCUT2D eigenvalue weighted by Gasteiger charge is -2.38. The number of hydrogen-bond donors (Lipinski definition) is 1. The molecule has 2 fully saturated rings. The maximum Gasteiger partial charge on any atom is 0.0159 e. The van der Waals surface area contributed by atoms with Crippen LogP contribution in [0.25, 0.3) is 0 Å². The van der Waals surface area contributed by atoms with E-state index >= 15 is 0 Å². The Bertz CT molecular complexity index is 176. The molecule has 3 unspecified atom stereocenters. The number of hydrogen-bond acceptors (Lipinski definition) is 1. The molecule has 2 aliphatic rings. The molecule has 0 aromatic carbocycles. The first-order valence-electron chi connectivity index (χ1n) is 5.37. The van der Waals surface area contributed by atoms with Crippen LogP contribution in [0.3, 0.4) is 0 Å². The fourth-order valence-electron chi connectivity index (χ4n) is 3.00. The average Bonchev–Trinajstić information content (AvgIpc) is 2.25. The molecule has 0 aromatic heterocycles. The quantitative estimate of drug-likeness (QED) is 0.633. The first-order chi connectivity index (χ1) is 5.59. The highest BCUT2D eigenvalue weighted by molar-refractivity contribution is 5.01. The molecule has 2 rings (SSSR count). The maximum absolute atomic E-state index is 3.75. The van der Waals surface area contributed by atoms with Crippen molar-refractivity contribution < 1.29 is 0 Å². The highest BCUT2D eigenvalue weighted by Gasteiger charge is 2.42. The topological polar surface area (TPSA) is 12.0 Å². The molecular formula is C11H21N. The van der Waals surface area contributed by atoms with Crippen LogP contribution in [0.2, 0.25) is 0 Å². The first-order valence-corrected chi connectivity index (χ1v) is 5.37. The summed E-state index contributed by atoms with van der Waals surface area (Å²) in [6.45, 7) is 7.15. The van der Waals surface area contributed by atoms with Gasteiger partial charge in [-0.1, -0.05) is 13.8 Å². The normalized spacial score (nSPS) is 47.0. The predicted molar refractivity (Wildman–Crippen MR) is 52.1 cm³/mol. The molecule has 0 aliphatic carbocycles. The Hall–Kier alpha value is -0.0400. The molecule has 2 saturated heterocycles. The fraction of sp³-hybridized carbons (Fsp3) is 1.00. The van der Waals surface area contributed by atoms with Crippen molar-refractivity contribution >= 4 is 0 Å². The van der Waals surface area contributed by atoms with Crippen molar-refractivity contribution in [2.75, 3.05) is 0 Å². The van der Waals surface area contributed by atoms with Crippen LogP contribution in [0.1, 0.15) is 46.5 Å². The molecule has 0 radical (unpaired) electrons. The van der Waals surface area contributed by atoms with Crippen molar-refractivity contribution in [2.45, 2.75) is 58.0 Å². The highest BCUT2D eigenvalue weighted by atomic mass is 15.0. The van der Waals surface area contributed by atoms with Gasteiger partial charge in [-0.05, 0) is 44.4 Å². The van der Waals surface area contributed by atoms with E-state index < -0.39 is 0 Å². The van der Waals surface area contributed by atoms with Crippen LogP contribution in [-0.2, 0) is 0 Å². The van der Waals surface area contributed by atoms with Crippen LogP contribution in [0.5, 0.6) is 0 Å². The van der Waals surface area contributed by atoms with E-state index in [0.717, 1.165) is 17.9 Å². The minimum atomic E-state index is 0.498. The second-order valence-corrected chi connectivity index (χ2v) is 5.38. The molecule has 2 aliphatic heterocycles. The summed E-state index contributed by atoms with van der Waals surface area (Å²) >= 11 is 0. The van der Waals surface area contributed by atoms with E-state index in [1.165, 1.54) is 25.7 Å². The van der Waals surface area contributed by atoms with Gasteiger partial charge in [0.2, 0.25) is 0 Å². The SMILES string of the molecule is CC(C)C1CC2CCC(C)(C1)N2. The Morgan fingerprint density at radius 2 is 2.17 bits per heavy atom. The molecule has 12 heavy (non-hydrogen) atoms. The van der Waals surface area contributed by atoms with E-state index in [0.29, 0.717) is 5.54 Å². The molecule has 1 N–H and O–H groups in total. The van der Waals surface area contributed by atoms with Crippen LogP contribution >= 0.6 is 0 Å². The number of piperidine rings is 1. The minimum Gasteiger partial charge on any atom is -0.309 e. The second kappa shape index (κ2) is 2.73. The molecule has 0 aromatic rings. The summed E-state index contributed by atoms with van der Waals surface area (Å²) in [4.78, 5) is 0. The van der Waals surface area contributed by atoms with E-state index in [2.05, 4.69) is 26.1 Å². The van der Waals surface area contributed by atoms with Gasteiger partial charge in [0.1, 0.15) is 0 Å². The molecule has 1 heteroatoms. The van der Waals surface area contributed by atoms with Gasteiger partial charge in [0.15, 0.2) is 0 Å². The van der Waals surface area contributed by atoms with Crippen molar-refractivity contribution in [2.24, 2.45) is 11.8 Å². The van der Waals surface area contributed by atoms with E-state index in [1.54, 1.807) is 0 Å². The van der Waals surface area contributed by atoms with Gasteiger partial charge in [0, 0.05) is 11.6 Å². The minimum absolute atomic E-state index is 0.498. The lowest BCUT2D eigenvalue weighted by molar-refractivity contribution is 0.184. The van der Waals surface area contributed by atoms with Crippen LogP contribution < -0.4 is 5.32 Å². The summed E-state index contributed by atoms with van der Waals surface area (Å²) in [5.41, 5.74) is 0.498. The van der Waals surface area contributed by atoms with Gasteiger partial charge in [0.25, 0.3) is 0 Å². The summed E-state index contributed by atoms with van der Waals surface area (Å²) in [5.74, 6) is 1.86. The monoisotopic (exact) mass is 167 g/mol. The van der Waals surface area contributed by atoms with Crippen molar-refractivity contribution in [1.82, 2.24) is 5.32 Å². The lowest BCUT2D eigenvalue weighted by atomic mass is 9.79. The molecule has 2 bridgehead atoms. The Labute approximate surface area is 75.9 Å². The number of nitrogens with one attached hydrogen (secondary N) is 1. The van der Waals surface area contributed by atoms with Crippen molar-refractivity contribution in [1.29, 1.82) is 0 Å². The average molecular weight is 167 g/mol. The van der Waals surface area contributed by atoms with E-state index in [4.69, 9.17) is 0 Å². The fourth-order valence-corrected chi connectivity index (χ4v) is 3.00. The van der Waals surface area contributed by atoms with E-state index in [-0.39, 0.29) is 0 Å². The molecule has 0 amide bonds. The molecule has 2 heterocycles. The Morgan fingerprint density at radius 1 is 1.42 bits per heavy atom. The third kappa shape index (κ3) is 1.39. The van der Waals surface area contributed by atoms with Crippen LogP contribution in [-0.4, -0.2) is 11.6 Å². The van der Waals surface area contributed by atoms with Crippen LogP contribution in [0.4, 0.5) is 0 Å². The van der Waals surface area contributed by atoms with Gasteiger partial charge in [-0.2, -0.15) is 0 Å². The standard InChI is InChI=1S/C11H21N/c1-8(2)9-6-10-4-5-11(3,7-9)12-10/h8-10,12H,4-7H2,1-3H3.